The molecule has 4 nitrogen and oxygen atoms in total. The van der Waals surface area contributed by atoms with Gasteiger partial charge >= 0.3 is 0 Å². The van der Waals surface area contributed by atoms with E-state index in [0.29, 0.717) is 12.1 Å². The van der Waals surface area contributed by atoms with E-state index in [1.54, 1.807) is 19.1 Å². The van der Waals surface area contributed by atoms with Gasteiger partial charge in [0.2, 0.25) is 5.91 Å². The van der Waals surface area contributed by atoms with E-state index in [1.165, 1.54) is 0 Å². The molecule has 0 bridgehead atoms. The van der Waals surface area contributed by atoms with Crippen LogP contribution in [0.5, 0.6) is 0 Å². The maximum Gasteiger partial charge on any atom is 0.221 e. The number of nitrogens with one attached hydrogen (secondary N) is 1. The zero-order valence-electron chi connectivity index (χ0n) is 10.1. The van der Waals surface area contributed by atoms with Gasteiger partial charge in [0, 0.05) is 18.5 Å². The molecule has 0 aromatic heterocycles. The minimum atomic E-state index is -0.301. The van der Waals surface area contributed by atoms with Crippen molar-refractivity contribution >= 4 is 5.91 Å². The van der Waals surface area contributed by atoms with Gasteiger partial charge in [0.05, 0.1) is 11.6 Å². The quantitative estimate of drug-likeness (QED) is 0.802. The van der Waals surface area contributed by atoms with Gasteiger partial charge in [-0.3, -0.25) is 4.79 Å². The lowest BCUT2D eigenvalue weighted by Gasteiger charge is -2.16. The maximum absolute atomic E-state index is 10.9. The summed E-state index contributed by atoms with van der Waals surface area (Å²) in [6, 6.07) is 9.59. The average molecular weight is 231 g/mol. The number of nitriles is 1. The van der Waals surface area contributed by atoms with E-state index in [4.69, 9.17) is 11.0 Å². The predicted octanol–water partition coefficient (Wildman–Crippen LogP) is 1.33. The van der Waals surface area contributed by atoms with Crippen LogP contribution in [-0.4, -0.2) is 12.5 Å². The third-order valence-corrected chi connectivity index (χ3v) is 2.76. The Labute approximate surface area is 101 Å². The number of rotatable bonds is 5. The number of carbonyl (C=O) groups excluding carboxylic acids is 1. The number of nitrogens with zero attached hydrogens (tertiary/aromatic N) is 1. The second-order valence-electron chi connectivity index (χ2n) is 4.17. The summed E-state index contributed by atoms with van der Waals surface area (Å²) in [7, 11) is 0. The summed E-state index contributed by atoms with van der Waals surface area (Å²) in [4.78, 5) is 10.9. The van der Waals surface area contributed by atoms with Gasteiger partial charge < -0.3 is 11.1 Å². The summed E-state index contributed by atoms with van der Waals surface area (Å²) >= 11 is 0. The predicted molar refractivity (Wildman–Crippen MR) is 65.9 cm³/mol. The first-order chi connectivity index (χ1) is 8.04. The number of amides is 1. The molecule has 3 N–H and O–H groups in total. The number of carbonyl (C=O) groups is 1. The first kappa shape index (κ1) is 13.2. The van der Waals surface area contributed by atoms with Crippen molar-refractivity contribution in [2.45, 2.75) is 19.9 Å². The first-order valence-electron chi connectivity index (χ1n) is 5.57. The van der Waals surface area contributed by atoms with Gasteiger partial charge in [-0.1, -0.05) is 19.1 Å². The van der Waals surface area contributed by atoms with Gasteiger partial charge in [-0.15, -0.1) is 0 Å². The van der Waals surface area contributed by atoms with Crippen LogP contribution in [-0.2, 0) is 4.79 Å². The van der Waals surface area contributed by atoms with E-state index in [9.17, 15) is 4.79 Å². The lowest BCUT2D eigenvalue weighted by molar-refractivity contribution is -0.121. The van der Waals surface area contributed by atoms with Crippen molar-refractivity contribution in [2.24, 2.45) is 11.7 Å². The molecule has 0 saturated heterocycles. The minimum Gasteiger partial charge on any atom is -0.369 e. The van der Waals surface area contributed by atoms with Crippen molar-refractivity contribution in [3.8, 4) is 6.07 Å². The highest BCUT2D eigenvalue weighted by atomic mass is 16.1. The second kappa shape index (κ2) is 6.02. The fourth-order valence-corrected chi connectivity index (χ4v) is 1.42. The molecule has 17 heavy (non-hydrogen) atoms. The summed E-state index contributed by atoms with van der Waals surface area (Å²) in [6.45, 7) is 4.35. The van der Waals surface area contributed by atoms with Crippen LogP contribution in [0, 0.1) is 17.2 Å². The van der Waals surface area contributed by atoms with Crippen LogP contribution >= 0.6 is 0 Å². The molecule has 1 amide bonds. The zero-order chi connectivity index (χ0) is 12.8. The maximum atomic E-state index is 10.9. The summed E-state index contributed by atoms with van der Waals surface area (Å²) in [5.74, 6) is -0.486. The van der Waals surface area contributed by atoms with Crippen LogP contribution in [0.4, 0.5) is 0 Å². The van der Waals surface area contributed by atoms with Gasteiger partial charge in [0.1, 0.15) is 0 Å². The Kier molecular flexibility index (Phi) is 4.68. The molecule has 0 radical (unpaired) electrons. The van der Waals surface area contributed by atoms with Gasteiger partial charge in [-0.2, -0.15) is 5.26 Å². The molecule has 4 heteroatoms. The molecule has 0 aliphatic rings. The van der Waals surface area contributed by atoms with Crippen LogP contribution in [0.2, 0.25) is 0 Å². The number of hydrogen-bond acceptors (Lipinski definition) is 3. The van der Waals surface area contributed by atoms with Gasteiger partial charge in [0.15, 0.2) is 0 Å². The summed E-state index contributed by atoms with van der Waals surface area (Å²) in [6.07, 6.45) is 0. The monoisotopic (exact) mass is 231 g/mol. The van der Waals surface area contributed by atoms with E-state index < -0.39 is 0 Å². The highest BCUT2D eigenvalue weighted by molar-refractivity contribution is 5.76. The Morgan fingerprint density at radius 2 is 2.00 bits per heavy atom. The summed E-state index contributed by atoms with van der Waals surface area (Å²) in [5.41, 5.74) is 6.91. The van der Waals surface area contributed by atoms with E-state index in [0.717, 1.165) is 5.56 Å². The van der Waals surface area contributed by atoms with Crippen LogP contribution < -0.4 is 11.1 Å². The van der Waals surface area contributed by atoms with Gasteiger partial charge in [0.25, 0.3) is 0 Å². The van der Waals surface area contributed by atoms with Crippen molar-refractivity contribution in [1.29, 1.82) is 5.26 Å². The molecule has 0 saturated carbocycles. The molecule has 90 valence electrons. The van der Waals surface area contributed by atoms with Crippen molar-refractivity contribution in [2.75, 3.05) is 6.54 Å². The molecule has 0 heterocycles. The topological polar surface area (TPSA) is 78.9 Å². The van der Waals surface area contributed by atoms with Crippen LogP contribution in [0.25, 0.3) is 0 Å². The fourth-order valence-electron chi connectivity index (χ4n) is 1.42. The number of hydrogen-bond donors (Lipinski definition) is 2. The molecular weight excluding hydrogens is 214 g/mol. The SMILES string of the molecule is CC(CNC(C)c1ccc(C#N)cc1)C(N)=O. The molecule has 2 atom stereocenters. The molecule has 0 aliphatic heterocycles. The molecule has 1 aromatic rings. The Morgan fingerprint density at radius 3 is 2.47 bits per heavy atom. The van der Waals surface area contributed by atoms with Crippen molar-refractivity contribution < 1.29 is 4.79 Å². The Balaban J connectivity index is 2.55. The molecule has 0 aliphatic carbocycles. The highest BCUT2D eigenvalue weighted by Crippen LogP contribution is 2.13. The molecule has 1 aromatic carbocycles. The Morgan fingerprint density at radius 1 is 1.41 bits per heavy atom. The van der Waals surface area contributed by atoms with Crippen molar-refractivity contribution in [3.05, 3.63) is 35.4 Å². The fraction of sp³-hybridized carbons (Fsp3) is 0.385. The molecule has 0 spiro atoms. The van der Waals surface area contributed by atoms with E-state index in [-0.39, 0.29) is 17.9 Å². The minimum absolute atomic E-state index is 0.129. The standard InChI is InChI=1S/C13H17N3O/c1-9(13(15)17)8-16-10(2)12-5-3-11(7-14)4-6-12/h3-6,9-10,16H,8H2,1-2H3,(H2,15,17). The molecule has 0 fully saturated rings. The normalized spacial score (nSPS) is 13.7. The molecule has 2 unspecified atom stereocenters. The molecular formula is C13H17N3O. The van der Waals surface area contributed by atoms with Gasteiger partial charge in [-0.25, -0.2) is 0 Å². The van der Waals surface area contributed by atoms with Crippen molar-refractivity contribution in [1.82, 2.24) is 5.32 Å². The molecule has 1 rings (SSSR count). The Hall–Kier alpha value is -1.86. The number of primary amides is 1. The zero-order valence-corrected chi connectivity index (χ0v) is 10.1. The summed E-state index contributed by atoms with van der Waals surface area (Å²) in [5, 5.41) is 11.9. The smallest absolute Gasteiger partial charge is 0.221 e. The van der Waals surface area contributed by atoms with Crippen LogP contribution in [0.15, 0.2) is 24.3 Å². The van der Waals surface area contributed by atoms with Crippen molar-refractivity contribution in [3.63, 3.8) is 0 Å². The first-order valence-corrected chi connectivity index (χ1v) is 5.57. The number of benzene rings is 1. The second-order valence-corrected chi connectivity index (χ2v) is 4.17. The van der Waals surface area contributed by atoms with E-state index in [2.05, 4.69) is 11.4 Å². The lowest BCUT2D eigenvalue weighted by atomic mass is 10.1. The van der Waals surface area contributed by atoms with Gasteiger partial charge in [-0.05, 0) is 24.6 Å². The highest BCUT2D eigenvalue weighted by Gasteiger charge is 2.11. The lowest BCUT2D eigenvalue weighted by Crippen LogP contribution is -2.32. The van der Waals surface area contributed by atoms with E-state index >= 15 is 0 Å². The van der Waals surface area contributed by atoms with Crippen LogP contribution in [0.3, 0.4) is 0 Å². The largest absolute Gasteiger partial charge is 0.369 e. The third kappa shape index (κ3) is 3.89. The average Bonchev–Trinajstić information content (AvgIpc) is 2.35. The third-order valence-electron chi connectivity index (χ3n) is 2.76. The van der Waals surface area contributed by atoms with Crippen LogP contribution in [0.1, 0.15) is 31.0 Å². The summed E-state index contributed by atoms with van der Waals surface area (Å²) < 4.78 is 0. The van der Waals surface area contributed by atoms with E-state index in [1.807, 2.05) is 19.1 Å². The number of nitrogens with two attached hydrogens (primary N) is 1. The Bertz CT molecular complexity index is 419.